The first-order valence-electron chi connectivity index (χ1n) is 14.6. The average Bonchev–Trinajstić information content (AvgIpc) is 3.37. The SMILES string of the molecule is CCOC(=O)c1ccc(N2C(=O)c3ccccc3[C@@]3(Cc4c(C)nn(-c5ccccc5)c4N4CCCC[C@H]43)C2=O)cc1. The molecule has 2 atom stereocenters. The summed E-state index contributed by atoms with van der Waals surface area (Å²) in [6.07, 6.45) is 3.28. The lowest BCUT2D eigenvalue weighted by molar-refractivity contribution is -0.125. The number of anilines is 2. The molecule has 42 heavy (non-hydrogen) atoms. The first kappa shape index (κ1) is 26.2. The van der Waals surface area contributed by atoms with E-state index in [-0.39, 0.29) is 24.5 Å². The summed E-state index contributed by atoms with van der Waals surface area (Å²) in [5.74, 6) is 0.0201. The van der Waals surface area contributed by atoms with Gasteiger partial charge in [-0.15, -0.1) is 0 Å². The Morgan fingerprint density at radius 1 is 0.952 bits per heavy atom. The number of ether oxygens (including phenoxy) is 1. The van der Waals surface area contributed by atoms with E-state index in [1.54, 1.807) is 31.2 Å². The van der Waals surface area contributed by atoms with Crippen LogP contribution in [0.25, 0.3) is 5.69 Å². The number of imide groups is 1. The van der Waals surface area contributed by atoms with E-state index >= 15 is 4.79 Å². The summed E-state index contributed by atoms with van der Waals surface area (Å²) in [5.41, 5.74) is 4.05. The zero-order valence-electron chi connectivity index (χ0n) is 23.7. The molecule has 0 unspecified atom stereocenters. The third-order valence-corrected chi connectivity index (χ3v) is 9.02. The molecule has 7 rings (SSSR count). The number of hydrogen-bond acceptors (Lipinski definition) is 6. The molecule has 0 N–H and O–H groups in total. The van der Waals surface area contributed by atoms with Gasteiger partial charge in [-0.3, -0.25) is 9.59 Å². The molecule has 0 aliphatic carbocycles. The van der Waals surface area contributed by atoms with Gasteiger partial charge < -0.3 is 9.64 Å². The summed E-state index contributed by atoms with van der Waals surface area (Å²) >= 11 is 0. The van der Waals surface area contributed by atoms with Crippen molar-refractivity contribution in [3.63, 3.8) is 0 Å². The van der Waals surface area contributed by atoms with E-state index in [1.165, 1.54) is 4.90 Å². The number of fused-ring (bicyclic) bond motifs is 6. The number of esters is 1. The number of benzene rings is 3. The van der Waals surface area contributed by atoms with E-state index in [4.69, 9.17) is 9.84 Å². The van der Waals surface area contributed by atoms with Crippen LogP contribution in [0.15, 0.2) is 78.9 Å². The van der Waals surface area contributed by atoms with Crippen LogP contribution in [0.5, 0.6) is 0 Å². The van der Waals surface area contributed by atoms with Gasteiger partial charge in [-0.1, -0.05) is 36.4 Å². The summed E-state index contributed by atoms with van der Waals surface area (Å²) in [6.45, 7) is 4.83. The predicted octanol–water partition coefficient (Wildman–Crippen LogP) is 5.40. The molecule has 1 saturated heterocycles. The second kappa shape index (κ2) is 9.98. The average molecular weight is 561 g/mol. The Morgan fingerprint density at radius 3 is 2.45 bits per heavy atom. The number of carbonyl (C=O) groups is 3. The summed E-state index contributed by atoms with van der Waals surface area (Å²) < 4.78 is 7.15. The van der Waals surface area contributed by atoms with Gasteiger partial charge >= 0.3 is 5.97 Å². The maximum atomic E-state index is 15.0. The number of hydrogen-bond donors (Lipinski definition) is 0. The molecule has 4 aromatic rings. The number of rotatable bonds is 4. The van der Waals surface area contributed by atoms with Crippen molar-refractivity contribution >= 4 is 29.3 Å². The quantitative estimate of drug-likeness (QED) is 0.246. The predicted molar refractivity (Wildman–Crippen MR) is 159 cm³/mol. The zero-order chi connectivity index (χ0) is 29.0. The van der Waals surface area contributed by atoms with Crippen LogP contribution >= 0.6 is 0 Å². The van der Waals surface area contributed by atoms with Crippen LogP contribution in [0.2, 0.25) is 0 Å². The minimum atomic E-state index is -0.979. The lowest BCUT2D eigenvalue weighted by Crippen LogP contribution is -2.67. The number of carbonyl (C=O) groups excluding carboxylic acids is 3. The van der Waals surface area contributed by atoms with Gasteiger partial charge in [0.05, 0.1) is 29.2 Å². The van der Waals surface area contributed by atoms with Gasteiger partial charge in [0, 0.05) is 23.7 Å². The molecule has 0 saturated carbocycles. The third kappa shape index (κ3) is 3.74. The van der Waals surface area contributed by atoms with Gasteiger partial charge in [-0.05, 0) is 87.6 Å². The molecular weight excluding hydrogens is 528 g/mol. The van der Waals surface area contributed by atoms with E-state index in [1.807, 2.05) is 54.1 Å². The summed E-state index contributed by atoms with van der Waals surface area (Å²) in [7, 11) is 0. The van der Waals surface area contributed by atoms with E-state index in [9.17, 15) is 9.59 Å². The topological polar surface area (TPSA) is 84.7 Å². The molecule has 1 fully saturated rings. The van der Waals surface area contributed by atoms with Gasteiger partial charge in [0.25, 0.3) is 5.91 Å². The Morgan fingerprint density at radius 2 is 1.69 bits per heavy atom. The zero-order valence-corrected chi connectivity index (χ0v) is 23.7. The van der Waals surface area contributed by atoms with Crippen molar-refractivity contribution in [1.82, 2.24) is 9.78 Å². The highest BCUT2D eigenvalue weighted by Gasteiger charge is 2.60. The molecule has 3 aliphatic rings. The van der Waals surface area contributed by atoms with Crippen LogP contribution in [-0.2, 0) is 21.4 Å². The molecule has 0 bridgehead atoms. The maximum Gasteiger partial charge on any atom is 0.338 e. The van der Waals surface area contributed by atoms with Gasteiger partial charge in [0.2, 0.25) is 5.91 Å². The first-order valence-corrected chi connectivity index (χ1v) is 14.6. The Hall–Kier alpha value is -4.72. The standard InChI is InChI=1S/C34H32N4O4/c1-3-42-32(40)23-16-18-24(19-17-23)37-31(39)26-13-7-8-14-28(26)34(33(37)41)21-27-22(2)35-38(25-11-5-4-6-12-25)30(27)36-20-10-9-15-29(34)36/h4-8,11-14,16-19,29H,3,9-10,15,20-21H2,1-2H3/t29-,34+/m0/s1. The Balaban J connectivity index is 1.41. The molecule has 212 valence electrons. The molecule has 0 radical (unpaired) electrons. The second-order valence-corrected chi connectivity index (χ2v) is 11.2. The van der Waals surface area contributed by atoms with E-state index < -0.39 is 11.4 Å². The number of aryl methyl sites for hydroxylation is 1. The van der Waals surface area contributed by atoms with Crippen molar-refractivity contribution in [3.8, 4) is 5.69 Å². The van der Waals surface area contributed by atoms with E-state index in [2.05, 4.69) is 17.0 Å². The van der Waals surface area contributed by atoms with Crippen molar-refractivity contribution < 1.29 is 19.1 Å². The minimum absolute atomic E-state index is 0.152. The minimum Gasteiger partial charge on any atom is -0.462 e. The monoisotopic (exact) mass is 560 g/mol. The number of nitrogens with zero attached hydrogens (tertiary/aromatic N) is 4. The highest BCUT2D eigenvalue weighted by molar-refractivity contribution is 6.28. The smallest absolute Gasteiger partial charge is 0.338 e. The first-order chi connectivity index (χ1) is 20.5. The summed E-state index contributed by atoms with van der Waals surface area (Å²) in [6, 6.07) is 24.1. The lowest BCUT2D eigenvalue weighted by Gasteiger charge is -2.54. The van der Waals surface area contributed by atoms with Gasteiger partial charge in [0.15, 0.2) is 0 Å². The fourth-order valence-electron chi connectivity index (χ4n) is 7.17. The van der Waals surface area contributed by atoms with Crippen molar-refractivity contribution in [3.05, 3.63) is 107 Å². The number of amides is 2. The molecule has 1 aromatic heterocycles. The normalized spacial score (nSPS) is 21.1. The number of piperidine rings is 1. The summed E-state index contributed by atoms with van der Waals surface area (Å²) in [4.78, 5) is 45.0. The summed E-state index contributed by atoms with van der Waals surface area (Å²) in [5, 5.41) is 4.99. The Bertz CT molecular complexity index is 1710. The molecule has 1 spiro atoms. The van der Waals surface area contributed by atoms with Gasteiger partial charge in [0.1, 0.15) is 11.2 Å². The molecular formula is C34H32N4O4. The molecule has 8 nitrogen and oxygen atoms in total. The molecule has 4 heterocycles. The highest BCUT2D eigenvalue weighted by Crippen LogP contribution is 2.52. The number of aromatic nitrogens is 2. The van der Waals surface area contributed by atoms with Crippen LogP contribution in [0.3, 0.4) is 0 Å². The maximum absolute atomic E-state index is 15.0. The van der Waals surface area contributed by atoms with E-state index in [0.29, 0.717) is 23.2 Å². The Kier molecular flexibility index (Phi) is 6.22. The van der Waals surface area contributed by atoms with Crippen LogP contribution in [0.1, 0.15) is 63.7 Å². The largest absolute Gasteiger partial charge is 0.462 e. The van der Waals surface area contributed by atoms with Crippen molar-refractivity contribution in [2.24, 2.45) is 0 Å². The molecule has 3 aromatic carbocycles. The molecule has 8 heteroatoms. The fraction of sp³-hybridized carbons (Fsp3) is 0.294. The van der Waals surface area contributed by atoms with Gasteiger partial charge in [-0.25, -0.2) is 14.4 Å². The van der Waals surface area contributed by atoms with Crippen LogP contribution < -0.4 is 9.80 Å². The van der Waals surface area contributed by atoms with Crippen molar-refractivity contribution in [2.75, 3.05) is 23.0 Å². The number of para-hydroxylation sites is 1. The highest BCUT2D eigenvalue weighted by atomic mass is 16.5. The van der Waals surface area contributed by atoms with Crippen LogP contribution in [-0.4, -0.2) is 46.8 Å². The lowest BCUT2D eigenvalue weighted by atomic mass is 9.61. The van der Waals surface area contributed by atoms with Crippen LogP contribution in [0.4, 0.5) is 11.5 Å². The Labute approximate surface area is 244 Å². The van der Waals surface area contributed by atoms with Crippen molar-refractivity contribution in [1.29, 1.82) is 0 Å². The third-order valence-electron chi connectivity index (χ3n) is 9.02. The van der Waals surface area contributed by atoms with E-state index in [0.717, 1.165) is 54.1 Å². The second-order valence-electron chi connectivity index (χ2n) is 11.2. The fourth-order valence-corrected chi connectivity index (χ4v) is 7.17. The van der Waals surface area contributed by atoms with Gasteiger partial charge in [-0.2, -0.15) is 5.10 Å². The molecule has 2 amide bonds. The molecule has 3 aliphatic heterocycles. The van der Waals surface area contributed by atoms with Crippen molar-refractivity contribution in [2.45, 2.75) is 51.0 Å². The van der Waals surface area contributed by atoms with Crippen LogP contribution in [0, 0.1) is 6.92 Å².